The number of aromatic nitrogens is 1. The van der Waals surface area contributed by atoms with E-state index in [0.717, 1.165) is 35.0 Å². The average molecular weight is 395 g/mol. The molecule has 0 spiro atoms. The van der Waals surface area contributed by atoms with Gasteiger partial charge in [-0.2, -0.15) is 0 Å². The largest absolute Gasteiger partial charge is 0.465 e. The van der Waals surface area contributed by atoms with Gasteiger partial charge in [0.2, 0.25) is 0 Å². The van der Waals surface area contributed by atoms with Crippen LogP contribution in [0.5, 0.6) is 0 Å². The number of ether oxygens (including phenoxy) is 1. The molecule has 0 N–H and O–H groups in total. The van der Waals surface area contributed by atoms with Gasteiger partial charge in [-0.1, -0.05) is 17.7 Å². The Labute approximate surface area is 167 Å². The van der Waals surface area contributed by atoms with Crippen LogP contribution in [0.15, 0.2) is 42.5 Å². The number of nitrogens with zero attached hydrogens (tertiary/aromatic N) is 2. The monoisotopic (exact) mass is 394 g/mol. The number of halogens is 1. The minimum atomic E-state index is -0.385. The van der Waals surface area contributed by atoms with Gasteiger partial charge in [0.15, 0.2) is 0 Å². The van der Waals surface area contributed by atoms with E-state index in [2.05, 4.69) is 4.98 Å². The van der Waals surface area contributed by atoms with E-state index in [1.54, 1.807) is 29.2 Å². The molecule has 1 amide bonds. The Morgan fingerprint density at radius 2 is 1.96 bits per heavy atom. The Hall–Kier alpha value is -2.92. The fraction of sp³-hybridized carbons (Fsp3) is 0.227. The minimum Gasteiger partial charge on any atom is -0.465 e. The first-order chi connectivity index (χ1) is 13.5. The number of methoxy groups -OCH3 is 1. The van der Waals surface area contributed by atoms with Gasteiger partial charge in [0.1, 0.15) is 0 Å². The zero-order valence-corrected chi connectivity index (χ0v) is 16.4. The molecule has 5 nitrogen and oxygen atoms in total. The number of benzene rings is 2. The van der Waals surface area contributed by atoms with Crippen molar-refractivity contribution in [2.75, 3.05) is 18.6 Å². The lowest BCUT2D eigenvalue weighted by molar-refractivity contribution is 0.0599. The molecule has 0 unspecified atom stereocenters. The number of carbonyl (C=O) groups is 2. The molecule has 0 saturated carbocycles. The second-order valence-electron chi connectivity index (χ2n) is 6.81. The average Bonchev–Trinajstić information content (AvgIpc) is 2.71. The van der Waals surface area contributed by atoms with Crippen LogP contribution in [0, 0.1) is 6.92 Å². The maximum Gasteiger partial charge on any atom is 0.338 e. The number of esters is 1. The molecule has 6 heteroatoms. The molecular formula is C22H19ClN2O3. The number of anilines is 1. The van der Waals surface area contributed by atoms with Crippen molar-refractivity contribution in [1.29, 1.82) is 0 Å². The van der Waals surface area contributed by atoms with E-state index in [-0.39, 0.29) is 11.9 Å². The summed E-state index contributed by atoms with van der Waals surface area (Å²) in [5.74, 6) is -0.515. The number of pyridine rings is 1. The molecule has 3 aromatic rings. The first kappa shape index (κ1) is 18.4. The minimum absolute atomic E-state index is 0.130. The van der Waals surface area contributed by atoms with Crippen LogP contribution in [-0.4, -0.2) is 30.5 Å². The molecule has 0 fully saturated rings. The van der Waals surface area contributed by atoms with Gasteiger partial charge in [-0.25, -0.2) is 4.79 Å². The van der Waals surface area contributed by atoms with E-state index in [0.29, 0.717) is 28.4 Å². The molecule has 0 bridgehead atoms. The molecule has 0 radical (unpaired) electrons. The highest BCUT2D eigenvalue weighted by Gasteiger charge is 2.28. The molecule has 28 heavy (non-hydrogen) atoms. The van der Waals surface area contributed by atoms with E-state index >= 15 is 0 Å². The van der Waals surface area contributed by atoms with Crippen molar-refractivity contribution in [3.05, 3.63) is 69.9 Å². The summed E-state index contributed by atoms with van der Waals surface area (Å²) in [6, 6.07) is 12.7. The maximum atomic E-state index is 13.4. The molecule has 1 aromatic heterocycles. The highest BCUT2D eigenvalue weighted by Crippen LogP contribution is 2.32. The molecule has 1 aliphatic heterocycles. The van der Waals surface area contributed by atoms with Crippen molar-refractivity contribution in [1.82, 2.24) is 4.98 Å². The Kier molecular flexibility index (Phi) is 4.77. The Balaban J connectivity index is 1.79. The van der Waals surface area contributed by atoms with Crippen LogP contribution in [0.2, 0.25) is 5.02 Å². The first-order valence-electron chi connectivity index (χ1n) is 9.08. The number of fused-ring (bicyclic) bond motifs is 2. The van der Waals surface area contributed by atoms with Crippen LogP contribution < -0.4 is 4.90 Å². The summed E-state index contributed by atoms with van der Waals surface area (Å²) in [7, 11) is 1.36. The molecule has 0 aliphatic carbocycles. The lowest BCUT2D eigenvalue weighted by Gasteiger charge is -2.31. The summed E-state index contributed by atoms with van der Waals surface area (Å²) >= 11 is 6.10. The van der Waals surface area contributed by atoms with Crippen molar-refractivity contribution < 1.29 is 14.3 Å². The summed E-state index contributed by atoms with van der Waals surface area (Å²) in [5.41, 5.74) is 4.11. The second kappa shape index (κ2) is 7.24. The van der Waals surface area contributed by atoms with E-state index < -0.39 is 0 Å². The molecule has 4 rings (SSSR count). The van der Waals surface area contributed by atoms with Gasteiger partial charge in [0.05, 0.1) is 29.4 Å². The van der Waals surface area contributed by atoms with Gasteiger partial charge >= 0.3 is 5.97 Å². The third-order valence-corrected chi connectivity index (χ3v) is 5.33. The third kappa shape index (κ3) is 3.12. The summed E-state index contributed by atoms with van der Waals surface area (Å²) in [6.45, 7) is 2.42. The number of aryl methyl sites for hydroxylation is 1. The summed E-state index contributed by atoms with van der Waals surface area (Å²) in [5, 5.41) is 1.42. The first-order valence-corrected chi connectivity index (χ1v) is 9.46. The lowest BCUT2D eigenvalue weighted by Crippen LogP contribution is -2.36. The van der Waals surface area contributed by atoms with Crippen LogP contribution in [0.25, 0.3) is 10.9 Å². The van der Waals surface area contributed by atoms with Crippen molar-refractivity contribution in [3.63, 3.8) is 0 Å². The van der Waals surface area contributed by atoms with Crippen molar-refractivity contribution in [3.8, 4) is 0 Å². The fourth-order valence-electron chi connectivity index (χ4n) is 3.74. The van der Waals surface area contributed by atoms with Crippen LogP contribution in [0.4, 0.5) is 5.69 Å². The smallest absolute Gasteiger partial charge is 0.338 e. The molecule has 1 aliphatic rings. The topological polar surface area (TPSA) is 59.5 Å². The van der Waals surface area contributed by atoms with E-state index in [4.69, 9.17) is 16.3 Å². The lowest BCUT2D eigenvalue weighted by atomic mass is 9.95. The Morgan fingerprint density at radius 3 is 2.75 bits per heavy atom. The maximum absolute atomic E-state index is 13.4. The van der Waals surface area contributed by atoms with Crippen molar-refractivity contribution in [2.24, 2.45) is 0 Å². The highest BCUT2D eigenvalue weighted by molar-refractivity contribution is 6.31. The quantitative estimate of drug-likeness (QED) is 0.597. The number of carbonyl (C=O) groups excluding carboxylic acids is 2. The van der Waals surface area contributed by atoms with Crippen LogP contribution in [0.1, 0.15) is 38.4 Å². The molecule has 0 saturated heterocycles. The molecule has 0 atom stereocenters. The van der Waals surface area contributed by atoms with Crippen LogP contribution in [0.3, 0.4) is 0 Å². The predicted octanol–water partition coefficient (Wildman–Crippen LogP) is 4.58. The fourth-order valence-corrected chi connectivity index (χ4v) is 3.92. The standard InChI is InChI=1S/C22H19ClN2O3/c1-13-18(12-14-11-15(23)8-9-19(14)24-13)21(26)25-10-4-6-16-17(22(27)28-2)5-3-7-20(16)25/h3,5,7-9,11-12H,4,6,10H2,1-2H3. The van der Waals surface area contributed by atoms with Crippen LogP contribution in [-0.2, 0) is 11.2 Å². The molecular weight excluding hydrogens is 376 g/mol. The summed E-state index contributed by atoms with van der Waals surface area (Å²) in [4.78, 5) is 31.8. The van der Waals surface area contributed by atoms with Gasteiger partial charge in [-0.3, -0.25) is 9.78 Å². The van der Waals surface area contributed by atoms with E-state index in [1.165, 1.54) is 7.11 Å². The number of hydrogen-bond donors (Lipinski definition) is 0. The normalized spacial score (nSPS) is 13.3. The number of amides is 1. The van der Waals surface area contributed by atoms with Gasteiger partial charge in [0.25, 0.3) is 5.91 Å². The molecule has 142 valence electrons. The van der Waals surface area contributed by atoms with Gasteiger partial charge in [0, 0.05) is 22.6 Å². The Morgan fingerprint density at radius 1 is 1.14 bits per heavy atom. The SMILES string of the molecule is COC(=O)c1cccc2c1CCCN2C(=O)c1cc2cc(Cl)ccc2nc1C. The van der Waals surface area contributed by atoms with Gasteiger partial charge in [-0.05, 0) is 61.7 Å². The van der Waals surface area contributed by atoms with Gasteiger partial charge < -0.3 is 9.64 Å². The zero-order valence-electron chi connectivity index (χ0n) is 15.7. The van der Waals surface area contributed by atoms with E-state index in [9.17, 15) is 9.59 Å². The number of hydrogen-bond acceptors (Lipinski definition) is 4. The Bertz CT molecular complexity index is 1110. The number of rotatable bonds is 2. The van der Waals surface area contributed by atoms with Gasteiger partial charge in [-0.15, -0.1) is 0 Å². The highest BCUT2D eigenvalue weighted by atomic mass is 35.5. The molecule has 2 heterocycles. The molecule has 2 aromatic carbocycles. The zero-order chi connectivity index (χ0) is 19.8. The van der Waals surface area contributed by atoms with Crippen LogP contribution >= 0.6 is 11.6 Å². The summed E-state index contributed by atoms with van der Waals surface area (Å²) in [6.07, 6.45) is 1.51. The second-order valence-corrected chi connectivity index (χ2v) is 7.25. The predicted molar refractivity (Wildman–Crippen MR) is 109 cm³/mol. The summed E-state index contributed by atoms with van der Waals surface area (Å²) < 4.78 is 4.90. The van der Waals surface area contributed by atoms with Crippen molar-refractivity contribution in [2.45, 2.75) is 19.8 Å². The third-order valence-electron chi connectivity index (χ3n) is 5.10. The van der Waals surface area contributed by atoms with E-state index in [1.807, 2.05) is 25.1 Å². The van der Waals surface area contributed by atoms with Crippen molar-refractivity contribution >= 4 is 40.1 Å².